The zero-order valence-electron chi connectivity index (χ0n) is 11.6. The average molecular weight is 275 g/mol. The summed E-state index contributed by atoms with van der Waals surface area (Å²) in [6, 6.07) is 9.15. The first-order valence-electron chi connectivity index (χ1n) is 7.26. The Morgan fingerprint density at radius 1 is 1.15 bits per heavy atom. The molecule has 20 heavy (non-hydrogen) atoms. The smallest absolute Gasteiger partial charge is 0.357 e. The largest absolute Gasteiger partial charge is 0.364 e. The van der Waals surface area contributed by atoms with Crippen molar-refractivity contribution in [3.63, 3.8) is 0 Å². The van der Waals surface area contributed by atoms with Gasteiger partial charge in [0.15, 0.2) is 0 Å². The number of nitrogens with zero attached hydrogens (tertiary/aromatic N) is 2. The van der Waals surface area contributed by atoms with Crippen LogP contribution in [0, 0.1) is 5.92 Å². The Morgan fingerprint density at radius 2 is 1.85 bits per heavy atom. The third-order valence-electron chi connectivity index (χ3n) is 3.94. The lowest BCUT2D eigenvalue weighted by molar-refractivity contribution is -0.131. The summed E-state index contributed by atoms with van der Waals surface area (Å²) in [6.07, 6.45) is 0. The van der Waals surface area contributed by atoms with Crippen LogP contribution in [0.2, 0.25) is 0 Å². The minimum atomic E-state index is -0.262. The van der Waals surface area contributed by atoms with Crippen LogP contribution in [-0.4, -0.2) is 61.7 Å². The highest BCUT2D eigenvalue weighted by molar-refractivity contribution is 5.89. The summed E-state index contributed by atoms with van der Waals surface area (Å²) in [6.45, 7) is 6.97. The normalized spacial score (nSPS) is 21.4. The first kappa shape index (κ1) is 13.5. The molecule has 0 aromatic heterocycles. The van der Waals surface area contributed by atoms with E-state index in [4.69, 9.17) is 4.84 Å². The SMILES string of the molecule is O=C(ON1CCN(CC2CNC2)CC1)c1ccccc1. The van der Waals surface area contributed by atoms with Crippen molar-refractivity contribution in [2.75, 3.05) is 45.8 Å². The fourth-order valence-corrected chi connectivity index (χ4v) is 2.59. The molecule has 3 rings (SSSR count). The summed E-state index contributed by atoms with van der Waals surface area (Å²) in [5.41, 5.74) is 0.607. The predicted molar refractivity (Wildman–Crippen MR) is 76.2 cm³/mol. The number of rotatable bonds is 4. The van der Waals surface area contributed by atoms with E-state index in [9.17, 15) is 4.79 Å². The topological polar surface area (TPSA) is 44.8 Å². The third kappa shape index (κ3) is 3.36. The van der Waals surface area contributed by atoms with Gasteiger partial charge in [0.2, 0.25) is 0 Å². The van der Waals surface area contributed by atoms with Gasteiger partial charge in [0, 0.05) is 45.8 Å². The van der Waals surface area contributed by atoms with Crippen molar-refractivity contribution in [3.8, 4) is 0 Å². The standard InChI is InChI=1S/C15H21N3O2/c19-15(14-4-2-1-3-5-14)20-18-8-6-17(7-9-18)12-13-10-16-11-13/h1-5,13,16H,6-12H2. The zero-order valence-corrected chi connectivity index (χ0v) is 11.6. The summed E-state index contributed by atoms with van der Waals surface area (Å²) in [5, 5.41) is 5.08. The maximum Gasteiger partial charge on any atom is 0.357 e. The molecule has 108 valence electrons. The minimum Gasteiger partial charge on any atom is -0.364 e. The molecule has 0 unspecified atom stereocenters. The van der Waals surface area contributed by atoms with E-state index in [0.29, 0.717) is 5.56 Å². The van der Waals surface area contributed by atoms with E-state index in [1.54, 1.807) is 17.2 Å². The number of benzene rings is 1. The number of hydroxylamine groups is 2. The molecule has 0 atom stereocenters. The highest BCUT2D eigenvalue weighted by Crippen LogP contribution is 2.10. The van der Waals surface area contributed by atoms with Crippen LogP contribution in [0.3, 0.4) is 0 Å². The highest BCUT2D eigenvalue weighted by atomic mass is 16.7. The molecule has 0 spiro atoms. The summed E-state index contributed by atoms with van der Waals surface area (Å²) < 4.78 is 0. The molecule has 0 amide bonds. The molecule has 2 heterocycles. The third-order valence-corrected chi connectivity index (χ3v) is 3.94. The van der Waals surface area contributed by atoms with Gasteiger partial charge in [-0.15, -0.1) is 5.06 Å². The number of hydrogen-bond donors (Lipinski definition) is 1. The summed E-state index contributed by atoms with van der Waals surface area (Å²) >= 11 is 0. The van der Waals surface area contributed by atoms with Gasteiger partial charge in [-0.2, -0.15) is 0 Å². The Balaban J connectivity index is 1.43. The molecular formula is C15H21N3O2. The first-order chi connectivity index (χ1) is 9.81. The van der Waals surface area contributed by atoms with Gasteiger partial charge in [-0.05, 0) is 18.1 Å². The van der Waals surface area contributed by atoms with Crippen LogP contribution < -0.4 is 5.32 Å². The van der Waals surface area contributed by atoms with E-state index in [2.05, 4.69) is 10.2 Å². The fraction of sp³-hybridized carbons (Fsp3) is 0.533. The van der Waals surface area contributed by atoms with Crippen LogP contribution in [0.1, 0.15) is 10.4 Å². The highest BCUT2D eigenvalue weighted by Gasteiger charge is 2.25. The number of carbonyl (C=O) groups excluding carboxylic acids is 1. The Morgan fingerprint density at radius 3 is 2.45 bits per heavy atom. The second-order valence-electron chi connectivity index (χ2n) is 5.50. The average Bonchev–Trinajstić information content (AvgIpc) is 2.45. The lowest BCUT2D eigenvalue weighted by atomic mass is 10.0. The lowest BCUT2D eigenvalue weighted by Gasteiger charge is -2.37. The Bertz CT molecular complexity index is 440. The van der Waals surface area contributed by atoms with E-state index in [1.165, 1.54) is 0 Å². The molecule has 2 saturated heterocycles. The van der Waals surface area contributed by atoms with Crippen LogP contribution in [0.15, 0.2) is 30.3 Å². The number of piperazine rings is 1. The maximum atomic E-state index is 11.9. The molecule has 1 aromatic rings. The van der Waals surface area contributed by atoms with Crippen molar-refractivity contribution in [1.82, 2.24) is 15.3 Å². The molecule has 2 aliphatic rings. The van der Waals surface area contributed by atoms with Gasteiger partial charge >= 0.3 is 5.97 Å². The van der Waals surface area contributed by atoms with Crippen molar-refractivity contribution >= 4 is 5.97 Å². The van der Waals surface area contributed by atoms with Gasteiger partial charge in [-0.1, -0.05) is 18.2 Å². The Kier molecular flexibility index (Phi) is 4.30. The fourth-order valence-electron chi connectivity index (χ4n) is 2.59. The number of nitrogens with one attached hydrogen (secondary N) is 1. The van der Waals surface area contributed by atoms with Crippen molar-refractivity contribution < 1.29 is 9.63 Å². The molecule has 5 heteroatoms. The minimum absolute atomic E-state index is 0.262. The molecule has 2 fully saturated rings. The zero-order chi connectivity index (χ0) is 13.8. The lowest BCUT2D eigenvalue weighted by Crippen LogP contribution is -2.53. The van der Waals surface area contributed by atoms with Crippen LogP contribution in [0.5, 0.6) is 0 Å². The van der Waals surface area contributed by atoms with Gasteiger partial charge in [0.05, 0.1) is 5.56 Å². The van der Waals surface area contributed by atoms with E-state index in [0.717, 1.165) is 51.7 Å². The first-order valence-corrected chi connectivity index (χ1v) is 7.26. The molecule has 1 aromatic carbocycles. The molecule has 0 bridgehead atoms. The van der Waals surface area contributed by atoms with E-state index in [-0.39, 0.29) is 5.97 Å². The van der Waals surface area contributed by atoms with Gasteiger partial charge in [0.25, 0.3) is 0 Å². The van der Waals surface area contributed by atoms with Crippen molar-refractivity contribution in [3.05, 3.63) is 35.9 Å². The van der Waals surface area contributed by atoms with Crippen LogP contribution in [-0.2, 0) is 4.84 Å². The van der Waals surface area contributed by atoms with Gasteiger partial charge < -0.3 is 15.1 Å². The van der Waals surface area contributed by atoms with Gasteiger partial charge in [-0.25, -0.2) is 4.79 Å². The molecule has 0 radical (unpaired) electrons. The number of hydrogen-bond acceptors (Lipinski definition) is 5. The molecular weight excluding hydrogens is 254 g/mol. The molecule has 5 nitrogen and oxygen atoms in total. The number of carbonyl (C=O) groups is 1. The molecule has 0 saturated carbocycles. The summed E-state index contributed by atoms with van der Waals surface area (Å²) in [4.78, 5) is 19.8. The Hall–Kier alpha value is -1.43. The van der Waals surface area contributed by atoms with E-state index in [1.807, 2.05) is 18.2 Å². The van der Waals surface area contributed by atoms with Crippen molar-refractivity contribution in [2.45, 2.75) is 0 Å². The second-order valence-corrected chi connectivity index (χ2v) is 5.50. The van der Waals surface area contributed by atoms with Crippen LogP contribution in [0.25, 0.3) is 0 Å². The molecule has 2 aliphatic heterocycles. The molecule has 0 aliphatic carbocycles. The summed E-state index contributed by atoms with van der Waals surface area (Å²) in [7, 11) is 0. The molecule has 1 N–H and O–H groups in total. The van der Waals surface area contributed by atoms with Crippen molar-refractivity contribution in [1.29, 1.82) is 0 Å². The van der Waals surface area contributed by atoms with E-state index >= 15 is 0 Å². The van der Waals surface area contributed by atoms with Gasteiger partial charge in [-0.3, -0.25) is 0 Å². The van der Waals surface area contributed by atoms with E-state index < -0.39 is 0 Å². The Labute approximate surface area is 119 Å². The predicted octanol–water partition coefficient (Wildman–Crippen LogP) is 0.595. The quantitative estimate of drug-likeness (QED) is 0.871. The second kappa shape index (κ2) is 6.35. The maximum absolute atomic E-state index is 11.9. The van der Waals surface area contributed by atoms with Gasteiger partial charge in [0.1, 0.15) is 0 Å². The van der Waals surface area contributed by atoms with Crippen LogP contribution in [0.4, 0.5) is 0 Å². The summed E-state index contributed by atoms with van der Waals surface area (Å²) in [5.74, 6) is 0.538. The van der Waals surface area contributed by atoms with Crippen LogP contribution >= 0.6 is 0 Å². The van der Waals surface area contributed by atoms with Crippen molar-refractivity contribution in [2.24, 2.45) is 5.92 Å². The monoisotopic (exact) mass is 275 g/mol.